The number of hydrogen-bond donors (Lipinski definition) is 2. The van der Waals surface area contributed by atoms with E-state index in [4.69, 9.17) is 0 Å². The Labute approximate surface area is 125 Å². The van der Waals surface area contributed by atoms with Crippen molar-refractivity contribution in [2.45, 2.75) is 17.7 Å². The maximum absolute atomic E-state index is 13.4. The monoisotopic (exact) mass is 311 g/mol. The zero-order valence-electron chi connectivity index (χ0n) is 11.2. The Balaban J connectivity index is 1.65. The van der Waals surface area contributed by atoms with Gasteiger partial charge in [-0.3, -0.25) is 4.79 Å². The van der Waals surface area contributed by atoms with Gasteiger partial charge in [-0.05, 0) is 18.6 Å². The minimum atomic E-state index is -0.648. The van der Waals surface area contributed by atoms with Gasteiger partial charge in [-0.1, -0.05) is 0 Å². The van der Waals surface area contributed by atoms with Crippen molar-refractivity contribution in [1.29, 1.82) is 0 Å². The van der Waals surface area contributed by atoms with Crippen LogP contribution in [-0.4, -0.2) is 28.2 Å². The van der Waals surface area contributed by atoms with E-state index in [9.17, 15) is 13.6 Å². The lowest BCUT2D eigenvalue weighted by Gasteiger charge is -2.05. The van der Waals surface area contributed by atoms with Crippen LogP contribution >= 0.6 is 11.8 Å². The second kappa shape index (κ2) is 7.78. The summed E-state index contributed by atoms with van der Waals surface area (Å²) in [5.41, 5.74) is 0. The highest BCUT2D eigenvalue weighted by Crippen LogP contribution is 2.21. The van der Waals surface area contributed by atoms with Gasteiger partial charge in [-0.15, -0.1) is 11.8 Å². The first kappa shape index (κ1) is 15.5. The van der Waals surface area contributed by atoms with Crippen LogP contribution in [0.3, 0.4) is 0 Å². The van der Waals surface area contributed by atoms with Crippen LogP contribution in [0.25, 0.3) is 0 Å². The zero-order valence-corrected chi connectivity index (χ0v) is 12.1. The molecule has 0 spiro atoms. The van der Waals surface area contributed by atoms with E-state index in [1.165, 1.54) is 12.1 Å². The number of benzene rings is 1. The molecule has 7 heteroatoms. The van der Waals surface area contributed by atoms with Crippen molar-refractivity contribution in [2.24, 2.45) is 0 Å². The predicted molar refractivity (Wildman–Crippen MR) is 77.0 cm³/mol. The number of H-pyrrole nitrogens is 1. The summed E-state index contributed by atoms with van der Waals surface area (Å²) in [5.74, 6) is -0.469. The van der Waals surface area contributed by atoms with Gasteiger partial charge in [-0.2, -0.15) is 0 Å². The maximum Gasteiger partial charge on any atom is 0.230 e. The van der Waals surface area contributed by atoms with E-state index in [1.807, 2.05) is 0 Å². The summed E-state index contributed by atoms with van der Waals surface area (Å²) in [4.78, 5) is 18.9. The lowest BCUT2D eigenvalue weighted by molar-refractivity contribution is -0.118. The number of nitrogens with zero attached hydrogens (tertiary/aromatic N) is 1. The molecule has 0 atom stereocenters. The molecule has 2 rings (SSSR count). The Kier molecular flexibility index (Phi) is 5.74. The highest BCUT2D eigenvalue weighted by molar-refractivity contribution is 8.00. The number of aromatic amines is 1. The maximum atomic E-state index is 13.4. The van der Waals surface area contributed by atoms with Gasteiger partial charge >= 0.3 is 0 Å². The molecule has 112 valence electrons. The molecule has 0 saturated carbocycles. The number of aryl methyl sites for hydroxylation is 1. The number of nitrogens with one attached hydrogen (secondary N) is 2. The molecule has 1 amide bonds. The van der Waals surface area contributed by atoms with Gasteiger partial charge in [0.1, 0.15) is 17.5 Å². The van der Waals surface area contributed by atoms with Crippen LogP contribution < -0.4 is 5.32 Å². The van der Waals surface area contributed by atoms with Crippen LogP contribution in [0, 0.1) is 11.6 Å². The van der Waals surface area contributed by atoms with Crippen molar-refractivity contribution in [1.82, 2.24) is 15.3 Å². The van der Waals surface area contributed by atoms with Crippen LogP contribution in [0.5, 0.6) is 0 Å². The third kappa shape index (κ3) is 5.18. The summed E-state index contributed by atoms with van der Waals surface area (Å²) >= 11 is 1.05. The highest BCUT2D eigenvalue weighted by atomic mass is 32.2. The van der Waals surface area contributed by atoms with Crippen LogP contribution in [0.4, 0.5) is 8.78 Å². The zero-order chi connectivity index (χ0) is 15.1. The lowest BCUT2D eigenvalue weighted by atomic mass is 10.3. The quantitative estimate of drug-likeness (QED) is 0.610. The van der Waals surface area contributed by atoms with Gasteiger partial charge in [0.15, 0.2) is 0 Å². The van der Waals surface area contributed by atoms with Crippen LogP contribution in [-0.2, 0) is 11.2 Å². The largest absolute Gasteiger partial charge is 0.355 e. The molecular weight excluding hydrogens is 296 g/mol. The average molecular weight is 311 g/mol. The van der Waals surface area contributed by atoms with E-state index in [2.05, 4.69) is 15.3 Å². The first-order valence-electron chi connectivity index (χ1n) is 6.48. The average Bonchev–Trinajstić information content (AvgIpc) is 2.96. The first-order valence-corrected chi connectivity index (χ1v) is 7.46. The number of carbonyl (C=O) groups excluding carboxylic acids is 1. The first-order chi connectivity index (χ1) is 10.1. The van der Waals surface area contributed by atoms with Crippen molar-refractivity contribution in [3.63, 3.8) is 0 Å². The van der Waals surface area contributed by atoms with E-state index >= 15 is 0 Å². The molecule has 0 aliphatic rings. The van der Waals surface area contributed by atoms with Crippen LogP contribution in [0.2, 0.25) is 0 Å². The number of thioether (sulfide) groups is 1. The van der Waals surface area contributed by atoms with Gasteiger partial charge < -0.3 is 10.3 Å². The fourth-order valence-electron chi connectivity index (χ4n) is 1.70. The summed E-state index contributed by atoms with van der Waals surface area (Å²) in [6, 6.07) is 3.32. The Morgan fingerprint density at radius 1 is 1.38 bits per heavy atom. The standard InChI is InChI=1S/C14H15F2N3OS/c15-10-3-4-12(11(16)8-10)21-9-14(20)19-5-1-2-13-17-6-7-18-13/h3-4,6-8H,1-2,5,9H2,(H,17,18)(H,19,20). The second-order valence-corrected chi connectivity index (χ2v) is 5.37. The summed E-state index contributed by atoms with van der Waals surface area (Å²) in [6.45, 7) is 0.534. The number of hydrogen-bond acceptors (Lipinski definition) is 3. The highest BCUT2D eigenvalue weighted by Gasteiger charge is 2.07. The van der Waals surface area contributed by atoms with Crippen molar-refractivity contribution in [3.8, 4) is 0 Å². The smallest absolute Gasteiger partial charge is 0.230 e. The van der Waals surface area contributed by atoms with E-state index < -0.39 is 11.6 Å². The van der Waals surface area contributed by atoms with Gasteiger partial charge in [0.05, 0.1) is 5.75 Å². The van der Waals surface area contributed by atoms with Crippen molar-refractivity contribution in [3.05, 3.63) is 48.1 Å². The molecule has 0 fully saturated rings. The molecule has 21 heavy (non-hydrogen) atoms. The van der Waals surface area contributed by atoms with Crippen LogP contribution in [0.15, 0.2) is 35.5 Å². The summed E-state index contributed by atoms with van der Waals surface area (Å²) in [6.07, 6.45) is 4.96. The molecule has 0 saturated heterocycles. The topological polar surface area (TPSA) is 57.8 Å². The van der Waals surface area contributed by atoms with Gasteiger partial charge in [0.2, 0.25) is 5.91 Å². The molecule has 0 radical (unpaired) electrons. The minimum absolute atomic E-state index is 0.101. The third-order valence-corrected chi connectivity index (χ3v) is 3.77. The minimum Gasteiger partial charge on any atom is -0.355 e. The normalized spacial score (nSPS) is 10.6. The van der Waals surface area contributed by atoms with E-state index in [0.717, 1.165) is 36.5 Å². The summed E-state index contributed by atoms with van der Waals surface area (Å²) < 4.78 is 26.1. The molecule has 0 aliphatic carbocycles. The van der Waals surface area contributed by atoms with E-state index in [-0.39, 0.29) is 16.6 Å². The summed E-state index contributed by atoms with van der Waals surface area (Å²) in [7, 11) is 0. The fraction of sp³-hybridized carbons (Fsp3) is 0.286. The number of amides is 1. The van der Waals surface area contributed by atoms with Gasteiger partial charge in [0, 0.05) is 36.3 Å². The Morgan fingerprint density at radius 3 is 2.95 bits per heavy atom. The number of rotatable bonds is 7. The van der Waals surface area contributed by atoms with Gasteiger partial charge in [-0.25, -0.2) is 13.8 Å². The van der Waals surface area contributed by atoms with Crippen LogP contribution in [0.1, 0.15) is 12.2 Å². The third-order valence-electron chi connectivity index (χ3n) is 2.72. The number of halogens is 2. The van der Waals surface area contributed by atoms with Crippen molar-refractivity contribution < 1.29 is 13.6 Å². The van der Waals surface area contributed by atoms with Gasteiger partial charge in [0.25, 0.3) is 0 Å². The SMILES string of the molecule is O=C(CSc1ccc(F)cc1F)NCCCc1ncc[nH]1. The molecule has 4 nitrogen and oxygen atoms in total. The molecule has 2 N–H and O–H groups in total. The number of imidazole rings is 1. The number of aromatic nitrogens is 2. The lowest BCUT2D eigenvalue weighted by Crippen LogP contribution is -2.26. The fourth-order valence-corrected chi connectivity index (χ4v) is 2.45. The molecule has 0 bridgehead atoms. The predicted octanol–water partition coefficient (Wildman–Crippen LogP) is 2.53. The molecule has 1 aromatic carbocycles. The molecule has 0 aliphatic heterocycles. The molecule has 1 aromatic heterocycles. The molecular formula is C14H15F2N3OS. The Hall–Kier alpha value is -1.89. The van der Waals surface area contributed by atoms with E-state index in [0.29, 0.717) is 6.54 Å². The molecule has 1 heterocycles. The van der Waals surface area contributed by atoms with Crippen molar-refractivity contribution in [2.75, 3.05) is 12.3 Å². The second-order valence-electron chi connectivity index (χ2n) is 4.35. The summed E-state index contributed by atoms with van der Waals surface area (Å²) in [5, 5.41) is 2.75. The molecule has 0 unspecified atom stereocenters. The number of carbonyl (C=O) groups is 1. The van der Waals surface area contributed by atoms with E-state index in [1.54, 1.807) is 12.4 Å². The molecule has 2 aromatic rings. The Bertz CT molecular complexity index is 590. The Morgan fingerprint density at radius 2 is 2.24 bits per heavy atom. The van der Waals surface area contributed by atoms with Crippen molar-refractivity contribution >= 4 is 17.7 Å².